The predicted molar refractivity (Wildman–Crippen MR) is 87.1 cm³/mol. The molecule has 0 unspecified atom stereocenters. The fourth-order valence-electron chi connectivity index (χ4n) is 1.99. The number of hydrogen-bond donors (Lipinski definition) is 1. The first kappa shape index (κ1) is 15.4. The number of anilines is 1. The summed E-state index contributed by atoms with van der Waals surface area (Å²) in [6.07, 6.45) is 2.21. The summed E-state index contributed by atoms with van der Waals surface area (Å²) in [5.74, 6) is 1.54. The number of unbranched alkanes of at least 4 members (excludes halogenated alkanes) is 1. The molecule has 0 radical (unpaired) electrons. The van der Waals surface area contributed by atoms with Crippen molar-refractivity contribution in [2.75, 3.05) is 12.3 Å². The highest BCUT2D eigenvalue weighted by Gasteiger charge is 2.19. The second-order valence-electron chi connectivity index (χ2n) is 6.31. The average Bonchev–Trinajstić information content (AvgIpc) is 2.82. The van der Waals surface area contributed by atoms with Gasteiger partial charge in [-0.1, -0.05) is 34.1 Å². The summed E-state index contributed by atoms with van der Waals surface area (Å²) in [6.45, 7) is 9.30. The van der Waals surface area contributed by atoms with Crippen LogP contribution in [0.15, 0.2) is 30.3 Å². The van der Waals surface area contributed by atoms with E-state index in [0.717, 1.165) is 36.6 Å². The van der Waals surface area contributed by atoms with Crippen molar-refractivity contribution in [1.29, 1.82) is 0 Å². The number of nitrogens with two attached hydrogens (primary N) is 1. The average molecular weight is 287 g/mol. The molecule has 0 amide bonds. The molecular formula is C17H25N3O. The van der Waals surface area contributed by atoms with Gasteiger partial charge >= 0.3 is 0 Å². The van der Waals surface area contributed by atoms with Gasteiger partial charge in [0, 0.05) is 11.5 Å². The Labute approximate surface area is 126 Å². The minimum atomic E-state index is -0.0113. The molecule has 1 aromatic carbocycles. The number of ether oxygens (including phenoxy) is 1. The van der Waals surface area contributed by atoms with Gasteiger partial charge in [0.1, 0.15) is 11.6 Å². The minimum Gasteiger partial charge on any atom is -0.494 e. The normalized spacial score (nSPS) is 11.6. The predicted octanol–water partition coefficient (Wildman–Crippen LogP) is 3.93. The molecule has 2 aromatic rings. The van der Waals surface area contributed by atoms with Crippen LogP contribution in [0.2, 0.25) is 0 Å². The molecule has 0 aliphatic carbocycles. The van der Waals surface area contributed by atoms with Crippen LogP contribution in [-0.4, -0.2) is 16.4 Å². The Kier molecular flexibility index (Phi) is 4.56. The molecule has 0 aliphatic heterocycles. The van der Waals surface area contributed by atoms with Crippen LogP contribution in [0.5, 0.6) is 5.75 Å². The molecule has 0 aliphatic rings. The highest BCUT2D eigenvalue weighted by molar-refractivity contribution is 5.45. The van der Waals surface area contributed by atoms with Crippen molar-refractivity contribution >= 4 is 5.82 Å². The Balaban J connectivity index is 2.17. The highest BCUT2D eigenvalue weighted by atomic mass is 16.5. The van der Waals surface area contributed by atoms with E-state index >= 15 is 0 Å². The number of nitrogens with zero attached hydrogens (tertiary/aromatic N) is 2. The standard InChI is InChI=1S/C17H25N3O/c1-5-6-11-21-14-9-7-13(8-10-14)20-16(18)12-15(19-20)17(2,3)4/h7-10,12H,5-6,11,18H2,1-4H3. The number of nitrogen functional groups attached to an aromatic ring is 1. The molecule has 0 spiro atoms. The Morgan fingerprint density at radius 1 is 1.19 bits per heavy atom. The molecule has 0 atom stereocenters. The van der Waals surface area contributed by atoms with Gasteiger partial charge in [-0.05, 0) is 30.7 Å². The second-order valence-corrected chi connectivity index (χ2v) is 6.31. The summed E-state index contributed by atoms with van der Waals surface area (Å²) in [5.41, 5.74) is 8.00. The van der Waals surface area contributed by atoms with E-state index in [4.69, 9.17) is 10.5 Å². The third kappa shape index (κ3) is 3.78. The Bertz CT molecular complexity index is 579. The first-order valence-electron chi connectivity index (χ1n) is 7.51. The van der Waals surface area contributed by atoms with Crippen LogP contribution >= 0.6 is 0 Å². The molecule has 2 rings (SSSR count). The summed E-state index contributed by atoms with van der Waals surface area (Å²) in [5, 5.41) is 4.61. The molecular weight excluding hydrogens is 262 g/mol. The van der Waals surface area contributed by atoms with Crippen LogP contribution in [0.25, 0.3) is 5.69 Å². The largest absolute Gasteiger partial charge is 0.494 e. The third-order valence-electron chi connectivity index (χ3n) is 3.35. The second kappa shape index (κ2) is 6.20. The van der Waals surface area contributed by atoms with Crippen molar-refractivity contribution in [3.63, 3.8) is 0 Å². The van der Waals surface area contributed by atoms with Crippen molar-refractivity contribution in [2.24, 2.45) is 0 Å². The minimum absolute atomic E-state index is 0.0113. The number of rotatable bonds is 5. The molecule has 21 heavy (non-hydrogen) atoms. The maximum Gasteiger partial charge on any atom is 0.127 e. The van der Waals surface area contributed by atoms with E-state index in [1.54, 1.807) is 4.68 Å². The lowest BCUT2D eigenvalue weighted by atomic mass is 9.92. The van der Waals surface area contributed by atoms with E-state index in [9.17, 15) is 0 Å². The van der Waals surface area contributed by atoms with Crippen LogP contribution in [-0.2, 0) is 5.41 Å². The van der Waals surface area contributed by atoms with Crippen LogP contribution < -0.4 is 10.5 Å². The molecule has 114 valence electrons. The zero-order valence-electron chi connectivity index (χ0n) is 13.4. The van der Waals surface area contributed by atoms with E-state index < -0.39 is 0 Å². The van der Waals surface area contributed by atoms with E-state index in [-0.39, 0.29) is 5.41 Å². The van der Waals surface area contributed by atoms with E-state index in [0.29, 0.717) is 5.82 Å². The van der Waals surface area contributed by atoms with Gasteiger partial charge in [0.2, 0.25) is 0 Å². The van der Waals surface area contributed by atoms with E-state index in [2.05, 4.69) is 32.8 Å². The SMILES string of the molecule is CCCCOc1ccc(-n2nc(C(C)(C)C)cc2N)cc1. The molecule has 0 saturated carbocycles. The summed E-state index contributed by atoms with van der Waals surface area (Å²) < 4.78 is 7.44. The van der Waals surface area contributed by atoms with Crippen molar-refractivity contribution < 1.29 is 4.74 Å². The third-order valence-corrected chi connectivity index (χ3v) is 3.35. The fraction of sp³-hybridized carbons (Fsp3) is 0.471. The molecule has 4 nitrogen and oxygen atoms in total. The molecule has 0 bridgehead atoms. The lowest BCUT2D eigenvalue weighted by molar-refractivity contribution is 0.309. The van der Waals surface area contributed by atoms with Crippen molar-refractivity contribution in [3.8, 4) is 11.4 Å². The van der Waals surface area contributed by atoms with Gasteiger partial charge in [0.05, 0.1) is 18.0 Å². The number of benzene rings is 1. The highest BCUT2D eigenvalue weighted by Crippen LogP contribution is 2.25. The van der Waals surface area contributed by atoms with Gasteiger partial charge < -0.3 is 10.5 Å². The quantitative estimate of drug-likeness (QED) is 0.848. The maximum absolute atomic E-state index is 6.08. The zero-order valence-corrected chi connectivity index (χ0v) is 13.4. The summed E-state index contributed by atoms with van der Waals surface area (Å²) in [6, 6.07) is 9.82. The Morgan fingerprint density at radius 2 is 1.86 bits per heavy atom. The lowest BCUT2D eigenvalue weighted by Crippen LogP contribution is -2.12. The number of aromatic nitrogens is 2. The molecule has 1 aromatic heterocycles. The van der Waals surface area contributed by atoms with Crippen LogP contribution in [0.4, 0.5) is 5.82 Å². The van der Waals surface area contributed by atoms with Crippen LogP contribution in [0, 0.1) is 0 Å². The molecule has 0 saturated heterocycles. The summed E-state index contributed by atoms with van der Waals surface area (Å²) in [4.78, 5) is 0. The van der Waals surface area contributed by atoms with Gasteiger partial charge in [-0.15, -0.1) is 0 Å². The van der Waals surface area contributed by atoms with Crippen molar-refractivity contribution in [2.45, 2.75) is 46.0 Å². The first-order chi connectivity index (χ1) is 9.91. The van der Waals surface area contributed by atoms with Crippen molar-refractivity contribution in [1.82, 2.24) is 9.78 Å². The number of hydrogen-bond acceptors (Lipinski definition) is 3. The van der Waals surface area contributed by atoms with E-state index in [1.165, 1.54) is 0 Å². The van der Waals surface area contributed by atoms with Gasteiger partial charge in [-0.3, -0.25) is 0 Å². The summed E-state index contributed by atoms with van der Waals surface area (Å²) in [7, 11) is 0. The van der Waals surface area contributed by atoms with Crippen LogP contribution in [0.3, 0.4) is 0 Å². The summed E-state index contributed by atoms with van der Waals surface area (Å²) >= 11 is 0. The van der Waals surface area contributed by atoms with Gasteiger partial charge in [-0.2, -0.15) is 5.10 Å². The van der Waals surface area contributed by atoms with Gasteiger partial charge in [-0.25, -0.2) is 4.68 Å². The van der Waals surface area contributed by atoms with Crippen LogP contribution in [0.1, 0.15) is 46.2 Å². The topological polar surface area (TPSA) is 53.1 Å². The molecule has 1 heterocycles. The monoisotopic (exact) mass is 287 g/mol. The lowest BCUT2D eigenvalue weighted by Gasteiger charge is -2.14. The van der Waals surface area contributed by atoms with Crippen molar-refractivity contribution in [3.05, 3.63) is 36.0 Å². The molecule has 0 fully saturated rings. The zero-order chi connectivity index (χ0) is 15.5. The Hall–Kier alpha value is -1.97. The first-order valence-corrected chi connectivity index (χ1v) is 7.51. The van der Waals surface area contributed by atoms with E-state index in [1.807, 2.05) is 30.3 Å². The van der Waals surface area contributed by atoms with Gasteiger partial charge in [0.25, 0.3) is 0 Å². The Morgan fingerprint density at radius 3 is 2.38 bits per heavy atom. The smallest absolute Gasteiger partial charge is 0.127 e. The van der Waals surface area contributed by atoms with Gasteiger partial charge in [0.15, 0.2) is 0 Å². The molecule has 2 N–H and O–H groups in total. The fourth-order valence-corrected chi connectivity index (χ4v) is 1.99. The molecule has 4 heteroatoms. The maximum atomic E-state index is 6.08.